The molecule has 0 radical (unpaired) electrons. The number of piperazine rings is 1. The summed E-state index contributed by atoms with van der Waals surface area (Å²) in [6.45, 7) is 4.50. The Morgan fingerprint density at radius 1 is 0.837 bits per heavy atom. The molecule has 12 heteroatoms. The average molecular weight is 597 g/mol. The second kappa shape index (κ2) is 14.4. The molecule has 43 heavy (non-hydrogen) atoms. The van der Waals surface area contributed by atoms with E-state index in [1.54, 1.807) is 17.0 Å². The standard InChI is InChI=1S/C31H35F3N6O3/c1-2-15-35-29(42)40(21-23-7-4-3-5-8-23)22-28(41)36-25-11-13-27(14-12-25)38-16-18-39(19-17-38)30(43)37-26-10-6-9-24(20-26)31(32,33)34/h3-14,20H,2,15-19,21-22H2,1H3,(H,35,42)(H,36,41)(H,37,43). The number of alkyl halides is 3. The lowest BCUT2D eigenvalue weighted by Crippen LogP contribution is -2.50. The lowest BCUT2D eigenvalue weighted by molar-refractivity contribution is -0.137. The molecule has 228 valence electrons. The number of carbonyl (C=O) groups is 3. The molecule has 0 spiro atoms. The van der Waals surface area contributed by atoms with Gasteiger partial charge in [-0.1, -0.05) is 43.3 Å². The van der Waals surface area contributed by atoms with E-state index < -0.39 is 17.8 Å². The van der Waals surface area contributed by atoms with Crippen molar-refractivity contribution in [1.82, 2.24) is 15.1 Å². The van der Waals surface area contributed by atoms with Gasteiger partial charge in [-0.25, -0.2) is 9.59 Å². The summed E-state index contributed by atoms with van der Waals surface area (Å²) < 4.78 is 38.9. The molecule has 0 saturated carbocycles. The van der Waals surface area contributed by atoms with Crippen LogP contribution in [0.15, 0.2) is 78.9 Å². The molecule has 0 atom stereocenters. The summed E-state index contributed by atoms with van der Waals surface area (Å²) in [5.74, 6) is -0.323. The number of anilines is 3. The normalized spacial score (nSPS) is 13.3. The quantitative estimate of drug-likeness (QED) is 0.299. The van der Waals surface area contributed by atoms with Crippen LogP contribution in [0.4, 0.5) is 39.8 Å². The number of hydrogen-bond donors (Lipinski definition) is 3. The SMILES string of the molecule is CCCNC(=O)N(CC(=O)Nc1ccc(N2CCN(C(=O)Nc3cccc(C(F)(F)F)c3)CC2)cc1)Cc1ccccc1. The summed E-state index contributed by atoms with van der Waals surface area (Å²) in [6.07, 6.45) is -3.70. The van der Waals surface area contributed by atoms with Crippen molar-refractivity contribution in [2.24, 2.45) is 0 Å². The van der Waals surface area contributed by atoms with Crippen LogP contribution in [0.2, 0.25) is 0 Å². The molecule has 5 amide bonds. The first kappa shape index (κ1) is 31.2. The van der Waals surface area contributed by atoms with Gasteiger partial charge in [-0.15, -0.1) is 0 Å². The highest BCUT2D eigenvalue weighted by molar-refractivity contribution is 5.94. The van der Waals surface area contributed by atoms with Gasteiger partial charge in [-0.05, 0) is 54.4 Å². The molecule has 9 nitrogen and oxygen atoms in total. The van der Waals surface area contributed by atoms with Crippen molar-refractivity contribution in [2.75, 3.05) is 54.8 Å². The first-order valence-corrected chi connectivity index (χ1v) is 14.1. The zero-order valence-corrected chi connectivity index (χ0v) is 23.9. The molecule has 1 aliphatic rings. The van der Waals surface area contributed by atoms with E-state index in [9.17, 15) is 27.6 Å². The Balaban J connectivity index is 1.28. The Morgan fingerprint density at radius 3 is 2.19 bits per heavy atom. The Labute approximate surface area is 248 Å². The Hall–Kier alpha value is -4.74. The molecule has 1 fully saturated rings. The maximum atomic E-state index is 13.0. The summed E-state index contributed by atoms with van der Waals surface area (Å²) in [7, 11) is 0. The Bertz CT molecular complexity index is 1380. The molecule has 3 aromatic rings. The predicted octanol–water partition coefficient (Wildman–Crippen LogP) is 5.62. The number of rotatable bonds is 9. The maximum absolute atomic E-state index is 13.0. The van der Waals surface area contributed by atoms with Crippen molar-refractivity contribution < 1.29 is 27.6 Å². The van der Waals surface area contributed by atoms with Gasteiger partial charge in [0.2, 0.25) is 5.91 Å². The van der Waals surface area contributed by atoms with Crippen LogP contribution in [0.5, 0.6) is 0 Å². The van der Waals surface area contributed by atoms with E-state index in [4.69, 9.17) is 0 Å². The molecule has 1 saturated heterocycles. The first-order chi connectivity index (χ1) is 20.6. The van der Waals surface area contributed by atoms with Crippen molar-refractivity contribution in [3.05, 3.63) is 90.0 Å². The summed E-state index contributed by atoms with van der Waals surface area (Å²) in [5.41, 5.74) is 1.67. The first-order valence-electron chi connectivity index (χ1n) is 14.1. The fourth-order valence-electron chi connectivity index (χ4n) is 4.62. The molecule has 3 aromatic carbocycles. The predicted molar refractivity (Wildman–Crippen MR) is 160 cm³/mol. The molecule has 0 unspecified atom stereocenters. The van der Waals surface area contributed by atoms with E-state index in [0.717, 1.165) is 29.8 Å². The van der Waals surface area contributed by atoms with Crippen LogP contribution in [0.3, 0.4) is 0 Å². The van der Waals surface area contributed by atoms with Crippen LogP contribution in [-0.4, -0.2) is 67.0 Å². The van der Waals surface area contributed by atoms with Crippen LogP contribution >= 0.6 is 0 Å². The highest BCUT2D eigenvalue weighted by Crippen LogP contribution is 2.30. The van der Waals surface area contributed by atoms with Crippen LogP contribution in [0.25, 0.3) is 0 Å². The molecule has 0 bridgehead atoms. The third-order valence-electron chi connectivity index (χ3n) is 6.89. The zero-order chi connectivity index (χ0) is 30.8. The molecule has 3 N–H and O–H groups in total. The summed E-state index contributed by atoms with van der Waals surface area (Å²) in [4.78, 5) is 43.3. The van der Waals surface area contributed by atoms with E-state index in [1.807, 2.05) is 49.4 Å². The van der Waals surface area contributed by atoms with Crippen LogP contribution in [-0.2, 0) is 17.5 Å². The second-order valence-electron chi connectivity index (χ2n) is 10.2. The lowest BCUT2D eigenvalue weighted by Gasteiger charge is -2.36. The Morgan fingerprint density at radius 2 is 1.53 bits per heavy atom. The molecule has 1 heterocycles. The number of nitrogens with zero attached hydrogens (tertiary/aromatic N) is 3. The summed E-state index contributed by atoms with van der Waals surface area (Å²) in [6, 6.07) is 20.5. The number of hydrogen-bond acceptors (Lipinski definition) is 4. The minimum Gasteiger partial charge on any atom is -0.368 e. The van der Waals surface area contributed by atoms with Gasteiger partial charge < -0.3 is 30.7 Å². The van der Waals surface area contributed by atoms with Gasteiger partial charge in [0.05, 0.1) is 5.56 Å². The van der Waals surface area contributed by atoms with Gasteiger partial charge in [0, 0.05) is 56.3 Å². The van der Waals surface area contributed by atoms with Crippen molar-refractivity contribution in [3.63, 3.8) is 0 Å². The van der Waals surface area contributed by atoms with E-state index in [2.05, 4.69) is 20.9 Å². The van der Waals surface area contributed by atoms with E-state index >= 15 is 0 Å². The molecule has 0 aliphatic carbocycles. The van der Waals surface area contributed by atoms with Crippen molar-refractivity contribution >= 4 is 35.0 Å². The molecule has 0 aromatic heterocycles. The third-order valence-corrected chi connectivity index (χ3v) is 6.89. The number of amides is 5. The van der Waals surface area contributed by atoms with Crippen molar-refractivity contribution in [3.8, 4) is 0 Å². The monoisotopic (exact) mass is 596 g/mol. The van der Waals surface area contributed by atoms with Crippen LogP contribution < -0.4 is 20.9 Å². The fraction of sp³-hybridized carbons (Fsp3) is 0.323. The fourth-order valence-corrected chi connectivity index (χ4v) is 4.62. The lowest BCUT2D eigenvalue weighted by atomic mass is 10.2. The number of urea groups is 2. The summed E-state index contributed by atoms with van der Waals surface area (Å²) in [5, 5.41) is 8.22. The molecule has 4 rings (SSSR count). The minimum absolute atomic E-state index is 0.0877. The van der Waals surface area contributed by atoms with E-state index in [1.165, 1.54) is 17.0 Å². The van der Waals surface area contributed by atoms with Gasteiger partial charge in [0.15, 0.2) is 0 Å². The molecule has 1 aliphatic heterocycles. The average Bonchev–Trinajstić information content (AvgIpc) is 3.00. The van der Waals surface area contributed by atoms with E-state index in [0.29, 0.717) is 45.0 Å². The van der Waals surface area contributed by atoms with Crippen LogP contribution in [0.1, 0.15) is 24.5 Å². The third kappa shape index (κ3) is 9.12. The van der Waals surface area contributed by atoms with Gasteiger partial charge >= 0.3 is 18.2 Å². The highest BCUT2D eigenvalue weighted by Gasteiger charge is 2.31. The maximum Gasteiger partial charge on any atom is 0.416 e. The zero-order valence-electron chi connectivity index (χ0n) is 23.9. The molecular formula is C31H35F3N6O3. The van der Waals surface area contributed by atoms with Gasteiger partial charge in [-0.2, -0.15) is 13.2 Å². The second-order valence-corrected chi connectivity index (χ2v) is 10.2. The Kier molecular flexibility index (Phi) is 10.5. The van der Waals surface area contributed by atoms with Crippen molar-refractivity contribution in [1.29, 1.82) is 0 Å². The number of nitrogens with one attached hydrogen (secondary N) is 3. The smallest absolute Gasteiger partial charge is 0.368 e. The topological polar surface area (TPSA) is 97.0 Å². The van der Waals surface area contributed by atoms with Gasteiger partial charge in [-0.3, -0.25) is 4.79 Å². The molecular weight excluding hydrogens is 561 g/mol. The number of halogens is 3. The van der Waals surface area contributed by atoms with E-state index in [-0.39, 0.29) is 24.2 Å². The van der Waals surface area contributed by atoms with Crippen molar-refractivity contribution in [2.45, 2.75) is 26.1 Å². The largest absolute Gasteiger partial charge is 0.416 e. The highest BCUT2D eigenvalue weighted by atomic mass is 19.4. The number of carbonyl (C=O) groups excluding carboxylic acids is 3. The van der Waals surface area contributed by atoms with Crippen LogP contribution in [0, 0.1) is 0 Å². The number of benzene rings is 3. The van der Waals surface area contributed by atoms with Gasteiger partial charge in [0.1, 0.15) is 6.54 Å². The van der Waals surface area contributed by atoms with Gasteiger partial charge in [0.25, 0.3) is 0 Å². The minimum atomic E-state index is -4.49. The summed E-state index contributed by atoms with van der Waals surface area (Å²) >= 11 is 0.